The summed E-state index contributed by atoms with van der Waals surface area (Å²) in [5.41, 5.74) is 2.95. The number of aryl methyl sites for hydroxylation is 2. The van der Waals surface area contributed by atoms with E-state index in [1.807, 2.05) is 0 Å². The third kappa shape index (κ3) is 5.07. The van der Waals surface area contributed by atoms with Crippen LogP contribution in [0.4, 0.5) is 10.1 Å². The van der Waals surface area contributed by atoms with E-state index in [1.54, 1.807) is 67.3 Å². The van der Waals surface area contributed by atoms with E-state index in [9.17, 15) is 9.18 Å². The van der Waals surface area contributed by atoms with Gasteiger partial charge in [0, 0.05) is 36.9 Å². The van der Waals surface area contributed by atoms with E-state index in [0.29, 0.717) is 23.2 Å². The number of anilines is 1. The highest BCUT2D eigenvalue weighted by Crippen LogP contribution is 2.24. The van der Waals surface area contributed by atoms with Crippen molar-refractivity contribution in [3.8, 4) is 17.0 Å². The maximum absolute atomic E-state index is 13.2. The number of rotatable bonds is 7. The van der Waals surface area contributed by atoms with Crippen LogP contribution in [0.1, 0.15) is 17.3 Å². The molecule has 162 valence electrons. The molecule has 0 radical (unpaired) electrons. The molecule has 2 aromatic heterocycles. The van der Waals surface area contributed by atoms with E-state index in [4.69, 9.17) is 9.15 Å². The zero-order valence-electron chi connectivity index (χ0n) is 17.4. The van der Waals surface area contributed by atoms with Gasteiger partial charge in [0.2, 0.25) is 11.8 Å². The molecular formula is C23H20FN5O3. The molecule has 0 atom stereocenters. The minimum absolute atomic E-state index is 0.163. The Hall–Kier alpha value is -4.27. The normalized spacial score (nSPS) is 11.1. The molecule has 2 aromatic carbocycles. The number of carbonyl (C=O) groups excluding carboxylic acids is 1. The molecule has 9 heteroatoms. The van der Waals surface area contributed by atoms with Crippen molar-refractivity contribution in [2.75, 3.05) is 5.32 Å². The quantitative estimate of drug-likeness (QED) is 0.440. The summed E-state index contributed by atoms with van der Waals surface area (Å²) in [5, 5.41) is 14.6. The summed E-state index contributed by atoms with van der Waals surface area (Å²) >= 11 is 0. The maximum atomic E-state index is 13.2. The van der Waals surface area contributed by atoms with Crippen molar-refractivity contribution in [2.24, 2.45) is 7.05 Å². The van der Waals surface area contributed by atoms with Crippen LogP contribution in [0.15, 0.2) is 65.2 Å². The summed E-state index contributed by atoms with van der Waals surface area (Å²) in [7, 11) is 1.79. The van der Waals surface area contributed by atoms with E-state index in [2.05, 4.69) is 20.6 Å². The molecule has 0 unspecified atom stereocenters. The van der Waals surface area contributed by atoms with Crippen LogP contribution in [0.3, 0.4) is 0 Å². The van der Waals surface area contributed by atoms with Gasteiger partial charge in [0.25, 0.3) is 5.89 Å². The van der Waals surface area contributed by atoms with Gasteiger partial charge < -0.3 is 14.5 Å². The Labute approximate surface area is 183 Å². The zero-order valence-corrected chi connectivity index (χ0v) is 17.4. The number of amides is 1. The first kappa shape index (κ1) is 21.0. The van der Waals surface area contributed by atoms with Crippen molar-refractivity contribution < 1.29 is 18.3 Å². The second-order valence-electron chi connectivity index (χ2n) is 6.93. The lowest BCUT2D eigenvalue weighted by Crippen LogP contribution is -2.07. The fraction of sp³-hybridized carbons (Fsp3) is 0.130. The van der Waals surface area contributed by atoms with Gasteiger partial charge in [-0.2, -0.15) is 5.10 Å². The van der Waals surface area contributed by atoms with Crippen LogP contribution in [0.2, 0.25) is 0 Å². The molecular weight excluding hydrogens is 413 g/mol. The highest BCUT2D eigenvalue weighted by molar-refractivity contribution is 6.02. The van der Waals surface area contributed by atoms with E-state index in [-0.39, 0.29) is 18.3 Å². The van der Waals surface area contributed by atoms with Gasteiger partial charge in [0.15, 0.2) is 6.61 Å². The lowest BCUT2D eigenvalue weighted by molar-refractivity contribution is -0.111. The van der Waals surface area contributed by atoms with Gasteiger partial charge in [-0.05, 0) is 54.6 Å². The summed E-state index contributed by atoms with van der Waals surface area (Å²) in [6.07, 6.45) is 4.75. The van der Waals surface area contributed by atoms with Gasteiger partial charge in [0.1, 0.15) is 11.6 Å². The molecule has 0 aliphatic heterocycles. The Bertz CT molecular complexity index is 1240. The third-order valence-corrected chi connectivity index (χ3v) is 4.55. The minimum Gasteiger partial charge on any atom is -0.484 e. The molecule has 0 bridgehead atoms. The number of ether oxygens (including phenoxy) is 1. The Kier molecular flexibility index (Phi) is 6.07. The lowest BCUT2D eigenvalue weighted by atomic mass is 10.1. The molecule has 0 aliphatic carbocycles. The minimum atomic E-state index is -0.312. The van der Waals surface area contributed by atoms with Crippen LogP contribution in [-0.2, 0) is 18.4 Å². The SMILES string of the molecule is Cc1nnc(COc2ccc(NC(=O)/C=C/c3cnn(C)c3-c3ccc(F)cc3)cc2)o1. The van der Waals surface area contributed by atoms with Gasteiger partial charge in [-0.15, -0.1) is 10.2 Å². The summed E-state index contributed by atoms with van der Waals surface area (Å²) in [5.74, 6) is 0.863. The van der Waals surface area contributed by atoms with Crippen LogP contribution in [0.5, 0.6) is 5.75 Å². The largest absolute Gasteiger partial charge is 0.484 e. The predicted octanol–water partition coefficient (Wildman–Crippen LogP) is 4.15. The summed E-state index contributed by atoms with van der Waals surface area (Å²) in [4.78, 5) is 12.3. The topological polar surface area (TPSA) is 95.1 Å². The van der Waals surface area contributed by atoms with Crippen molar-refractivity contribution in [1.29, 1.82) is 0 Å². The van der Waals surface area contributed by atoms with Crippen molar-refractivity contribution in [2.45, 2.75) is 13.5 Å². The average Bonchev–Trinajstić information content (AvgIpc) is 3.37. The molecule has 1 N–H and O–H groups in total. The lowest BCUT2D eigenvalue weighted by Gasteiger charge is -2.06. The highest BCUT2D eigenvalue weighted by atomic mass is 19.1. The van der Waals surface area contributed by atoms with Gasteiger partial charge in [-0.1, -0.05) is 0 Å². The summed E-state index contributed by atoms with van der Waals surface area (Å²) in [6.45, 7) is 1.87. The number of carbonyl (C=O) groups is 1. The Morgan fingerprint density at radius 3 is 2.59 bits per heavy atom. The van der Waals surface area contributed by atoms with Crippen LogP contribution in [0.25, 0.3) is 17.3 Å². The number of aromatic nitrogens is 4. The molecule has 0 saturated heterocycles. The van der Waals surface area contributed by atoms with Crippen LogP contribution >= 0.6 is 0 Å². The molecule has 8 nitrogen and oxygen atoms in total. The van der Waals surface area contributed by atoms with Crippen LogP contribution in [-0.4, -0.2) is 25.9 Å². The number of halogens is 1. The zero-order chi connectivity index (χ0) is 22.5. The van der Waals surface area contributed by atoms with Crippen molar-refractivity contribution in [1.82, 2.24) is 20.0 Å². The van der Waals surface area contributed by atoms with E-state index in [1.165, 1.54) is 18.2 Å². The van der Waals surface area contributed by atoms with Crippen LogP contribution < -0.4 is 10.1 Å². The molecule has 0 aliphatic rings. The highest BCUT2D eigenvalue weighted by Gasteiger charge is 2.10. The average molecular weight is 433 g/mol. The summed E-state index contributed by atoms with van der Waals surface area (Å²) < 4.78 is 25.7. The van der Waals surface area contributed by atoms with E-state index < -0.39 is 0 Å². The van der Waals surface area contributed by atoms with E-state index >= 15 is 0 Å². The standard InChI is InChI=1S/C23H20FN5O3/c1-15-27-28-22(32-15)14-31-20-10-8-19(9-11-20)26-21(30)12-5-17-13-25-29(2)23(17)16-3-6-18(24)7-4-16/h3-13H,14H2,1-2H3,(H,26,30)/b12-5+. The number of hydrogen-bond acceptors (Lipinski definition) is 6. The number of nitrogens with one attached hydrogen (secondary N) is 1. The molecule has 1 amide bonds. The summed E-state index contributed by atoms with van der Waals surface area (Å²) in [6, 6.07) is 13.0. The number of nitrogens with zero attached hydrogens (tertiary/aromatic N) is 4. The molecule has 0 saturated carbocycles. The second kappa shape index (κ2) is 9.25. The maximum Gasteiger partial charge on any atom is 0.253 e. The monoisotopic (exact) mass is 433 g/mol. The third-order valence-electron chi connectivity index (χ3n) is 4.55. The Morgan fingerprint density at radius 2 is 1.91 bits per heavy atom. The van der Waals surface area contributed by atoms with Gasteiger partial charge in [-0.25, -0.2) is 4.39 Å². The molecule has 4 aromatic rings. The fourth-order valence-corrected chi connectivity index (χ4v) is 3.06. The number of hydrogen-bond donors (Lipinski definition) is 1. The Morgan fingerprint density at radius 1 is 1.16 bits per heavy atom. The molecule has 0 fully saturated rings. The predicted molar refractivity (Wildman–Crippen MR) is 116 cm³/mol. The first-order valence-electron chi connectivity index (χ1n) is 9.77. The molecule has 0 spiro atoms. The smallest absolute Gasteiger partial charge is 0.253 e. The van der Waals surface area contributed by atoms with E-state index in [0.717, 1.165) is 16.8 Å². The molecule has 32 heavy (non-hydrogen) atoms. The Balaban J connectivity index is 1.37. The number of benzene rings is 2. The van der Waals surface area contributed by atoms with Gasteiger partial charge >= 0.3 is 0 Å². The first-order chi connectivity index (χ1) is 15.5. The second-order valence-corrected chi connectivity index (χ2v) is 6.93. The van der Waals surface area contributed by atoms with Crippen LogP contribution in [0, 0.1) is 12.7 Å². The fourth-order valence-electron chi connectivity index (χ4n) is 3.06. The van der Waals surface area contributed by atoms with Crippen molar-refractivity contribution in [3.05, 3.63) is 84.0 Å². The van der Waals surface area contributed by atoms with Crippen molar-refractivity contribution >= 4 is 17.7 Å². The molecule has 2 heterocycles. The van der Waals surface area contributed by atoms with Gasteiger partial charge in [-0.3, -0.25) is 9.48 Å². The van der Waals surface area contributed by atoms with Crippen molar-refractivity contribution in [3.63, 3.8) is 0 Å². The molecule has 4 rings (SSSR count). The van der Waals surface area contributed by atoms with Gasteiger partial charge in [0.05, 0.1) is 11.9 Å². The first-order valence-corrected chi connectivity index (χ1v) is 9.77.